The number of fused-ring (bicyclic) bond motifs is 2. The van der Waals surface area contributed by atoms with Gasteiger partial charge in [0.1, 0.15) is 5.76 Å². The fraction of sp³-hybridized carbons (Fsp3) is 0.833. The normalized spacial score (nSPS) is 30.6. The van der Waals surface area contributed by atoms with Crippen LogP contribution in [0.3, 0.4) is 0 Å². The van der Waals surface area contributed by atoms with Gasteiger partial charge in [-0.2, -0.15) is 13.2 Å². The molecule has 1 aliphatic carbocycles. The molecule has 24 heavy (non-hydrogen) atoms. The minimum Gasteiger partial charge on any atom is -0.488 e. The number of nitro groups is 2. The average molecular weight is 355 g/mol. The Balaban J connectivity index is 2.39. The molecule has 1 N–H and O–H groups in total. The second-order valence-electron chi connectivity index (χ2n) is 6.14. The van der Waals surface area contributed by atoms with Gasteiger partial charge in [0.05, 0.1) is 32.5 Å². The summed E-state index contributed by atoms with van der Waals surface area (Å²) in [4.78, 5) is 23.0. The first-order valence-corrected chi connectivity index (χ1v) is 7.05. The lowest BCUT2D eigenvalue weighted by atomic mass is 9.71. The third-order valence-corrected chi connectivity index (χ3v) is 4.17. The topological polar surface area (TPSA) is 119 Å². The summed E-state index contributed by atoms with van der Waals surface area (Å²) < 4.78 is 41.5. The van der Waals surface area contributed by atoms with Gasteiger partial charge in [0.25, 0.3) is 5.54 Å². The highest BCUT2D eigenvalue weighted by Crippen LogP contribution is 2.43. The van der Waals surface area contributed by atoms with Crippen LogP contribution in [0.25, 0.3) is 0 Å². The molecule has 9 nitrogen and oxygen atoms in total. The predicted molar refractivity (Wildman–Crippen MR) is 72.3 cm³/mol. The summed E-state index contributed by atoms with van der Waals surface area (Å²) in [5, 5.41) is 32.1. The molecule has 0 aromatic carbocycles. The van der Waals surface area contributed by atoms with Gasteiger partial charge >= 0.3 is 6.18 Å². The van der Waals surface area contributed by atoms with Crippen LogP contribution in [-0.4, -0.2) is 70.0 Å². The second-order valence-corrected chi connectivity index (χ2v) is 6.14. The summed E-state index contributed by atoms with van der Waals surface area (Å²) in [6.07, 6.45) is -4.60. The zero-order valence-corrected chi connectivity index (χ0v) is 12.5. The molecular weight excluding hydrogens is 339 g/mol. The van der Waals surface area contributed by atoms with Gasteiger partial charge < -0.3 is 9.84 Å². The van der Waals surface area contributed by atoms with E-state index >= 15 is 0 Å². The molecule has 0 aromatic rings. The molecule has 136 valence electrons. The van der Waals surface area contributed by atoms with Crippen molar-refractivity contribution in [2.24, 2.45) is 0 Å². The third kappa shape index (κ3) is 3.59. The van der Waals surface area contributed by atoms with E-state index in [0.717, 1.165) is 6.08 Å². The van der Waals surface area contributed by atoms with Crippen molar-refractivity contribution in [2.45, 2.75) is 30.1 Å². The van der Waals surface area contributed by atoms with E-state index in [9.17, 15) is 33.4 Å². The Hall–Kier alpha value is -1.95. The molecule has 0 spiro atoms. The molecule has 1 fully saturated rings. The summed E-state index contributed by atoms with van der Waals surface area (Å²) in [6.45, 7) is -2.46. The van der Waals surface area contributed by atoms with E-state index in [0.29, 0.717) is 0 Å². The summed E-state index contributed by atoms with van der Waals surface area (Å²) in [6, 6.07) is 0. The smallest absolute Gasteiger partial charge is 0.422 e. The van der Waals surface area contributed by atoms with Crippen LogP contribution in [0.5, 0.6) is 0 Å². The number of hydrogen-bond acceptors (Lipinski definition) is 7. The number of piperidine rings is 1. The highest BCUT2D eigenvalue weighted by molar-refractivity contribution is 5.21. The number of hydrogen-bond donors (Lipinski definition) is 1. The Kier molecular flexibility index (Phi) is 4.72. The minimum atomic E-state index is -4.65. The van der Waals surface area contributed by atoms with Crippen LogP contribution in [0, 0.1) is 20.2 Å². The van der Waals surface area contributed by atoms with Crippen LogP contribution in [0.2, 0.25) is 0 Å². The van der Waals surface area contributed by atoms with Crippen molar-refractivity contribution >= 4 is 0 Å². The fourth-order valence-corrected chi connectivity index (χ4v) is 3.36. The van der Waals surface area contributed by atoms with Gasteiger partial charge in [-0.1, -0.05) is 0 Å². The molecule has 0 amide bonds. The van der Waals surface area contributed by atoms with E-state index in [1.54, 1.807) is 0 Å². The Bertz CT molecular complexity index is 569. The number of alkyl halides is 3. The Morgan fingerprint density at radius 2 is 1.96 bits per heavy atom. The van der Waals surface area contributed by atoms with Gasteiger partial charge in [-0.25, -0.2) is 0 Å². The zero-order chi connectivity index (χ0) is 18.2. The molecule has 0 radical (unpaired) electrons. The van der Waals surface area contributed by atoms with E-state index < -0.39 is 52.3 Å². The van der Waals surface area contributed by atoms with Crippen molar-refractivity contribution in [3.8, 4) is 0 Å². The first-order valence-electron chi connectivity index (χ1n) is 7.05. The standard InChI is InChI=1S/C12H16F3N3O6/c13-12(14,15)8-24-9-3-10(17(20)21)5-11(4-9,18(22)23)7-16(6-10)1-2-19/h3,19H,1-2,4-8H2/t10-,11+/m1/s1. The van der Waals surface area contributed by atoms with Crippen molar-refractivity contribution < 1.29 is 32.9 Å². The molecule has 1 heterocycles. The molecule has 12 heteroatoms. The first-order chi connectivity index (χ1) is 11.0. The number of rotatable bonds is 6. The monoisotopic (exact) mass is 355 g/mol. The van der Waals surface area contributed by atoms with Gasteiger partial charge in [-0.15, -0.1) is 0 Å². The van der Waals surface area contributed by atoms with E-state index in [1.165, 1.54) is 4.90 Å². The van der Waals surface area contributed by atoms with Crippen molar-refractivity contribution in [1.29, 1.82) is 0 Å². The van der Waals surface area contributed by atoms with Gasteiger partial charge in [0.2, 0.25) is 5.54 Å². The van der Waals surface area contributed by atoms with Crippen LogP contribution >= 0.6 is 0 Å². The van der Waals surface area contributed by atoms with E-state index in [-0.39, 0.29) is 26.2 Å². The molecule has 0 unspecified atom stereocenters. The van der Waals surface area contributed by atoms with Gasteiger partial charge in [0.15, 0.2) is 6.61 Å². The van der Waals surface area contributed by atoms with Crippen LogP contribution in [0.4, 0.5) is 13.2 Å². The number of halogens is 3. The highest BCUT2D eigenvalue weighted by Gasteiger charge is 2.64. The molecular formula is C12H16F3N3O6. The van der Waals surface area contributed by atoms with Crippen LogP contribution in [0.15, 0.2) is 11.8 Å². The summed E-state index contributed by atoms with van der Waals surface area (Å²) >= 11 is 0. The maximum Gasteiger partial charge on any atom is 0.422 e. The number of likely N-dealkylation sites (tertiary alicyclic amines) is 1. The lowest BCUT2D eigenvalue weighted by Gasteiger charge is -2.44. The zero-order valence-electron chi connectivity index (χ0n) is 12.5. The van der Waals surface area contributed by atoms with Gasteiger partial charge in [-0.05, 0) is 0 Å². The van der Waals surface area contributed by atoms with E-state index in [1.807, 2.05) is 0 Å². The largest absolute Gasteiger partial charge is 0.488 e. The van der Waals surface area contributed by atoms with E-state index in [2.05, 4.69) is 4.74 Å². The van der Waals surface area contributed by atoms with Crippen LogP contribution in [-0.2, 0) is 4.74 Å². The first kappa shape index (κ1) is 18.4. The highest BCUT2D eigenvalue weighted by atomic mass is 19.4. The average Bonchev–Trinajstić information content (AvgIpc) is 2.43. The van der Waals surface area contributed by atoms with Crippen LogP contribution < -0.4 is 0 Å². The van der Waals surface area contributed by atoms with E-state index in [4.69, 9.17) is 5.11 Å². The van der Waals surface area contributed by atoms with Crippen LogP contribution in [0.1, 0.15) is 12.8 Å². The number of nitrogens with zero attached hydrogens (tertiary/aromatic N) is 3. The summed E-state index contributed by atoms with van der Waals surface area (Å²) in [5.41, 5.74) is -3.74. The van der Waals surface area contributed by atoms with Crippen molar-refractivity contribution in [2.75, 3.05) is 32.8 Å². The second kappa shape index (κ2) is 6.16. The number of ether oxygens (including phenoxy) is 1. The Morgan fingerprint density at radius 1 is 1.29 bits per heavy atom. The third-order valence-electron chi connectivity index (χ3n) is 4.17. The number of β-amino-alcohol motifs (C(OH)–C–C–N with tert-alkyl or cyclic N) is 1. The molecule has 0 aromatic heterocycles. The maximum absolute atomic E-state index is 12.3. The maximum atomic E-state index is 12.3. The van der Waals surface area contributed by atoms with Crippen molar-refractivity contribution in [3.63, 3.8) is 0 Å². The molecule has 0 saturated carbocycles. The number of aliphatic hydroxyl groups is 1. The lowest BCUT2D eigenvalue weighted by Crippen LogP contribution is -2.66. The molecule has 2 bridgehead atoms. The Morgan fingerprint density at radius 3 is 2.46 bits per heavy atom. The molecule has 1 aliphatic heterocycles. The quantitative estimate of drug-likeness (QED) is 0.547. The minimum absolute atomic E-state index is 0.00222. The van der Waals surface area contributed by atoms with Gasteiger partial charge in [0, 0.05) is 22.5 Å². The van der Waals surface area contributed by atoms with Crippen molar-refractivity contribution in [1.82, 2.24) is 4.90 Å². The molecule has 1 saturated heterocycles. The lowest BCUT2D eigenvalue weighted by molar-refractivity contribution is -0.620. The number of aliphatic hydroxyl groups excluding tert-OH is 1. The fourth-order valence-electron chi connectivity index (χ4n) is 3.36. The molecule has 2 aliphatic rings. The molecule has 2 atom stereocenters. The Labute approximate surface area is 134 Å². The van der Waals surface area contributed by atoms with Crippen molar-refractivity contribution in [3.05, 3.63) is 32.1 Å². The van der Waals surface area contributed by atoms with Gasteiger partial charge in [-0.3, -0.25) is 25.1 Å². The summed E-state index contributed by atoms with van der Waals surface area (Å²) in [7, 11) is 0. The SMILES string of the molecule is O=[N+]([O-])[C@@]12C=C(OCC(F)(F)F)C[C@@]([N+](=O)[O-])(CN(CCO)C1)C2. The summed E-state index contributed by atoms with van der Waals surface area (Å²) in [5.74, 6) is -0.393. The predicted octanol–water partition coefficient (Wildman–Crippen LogP) is 0.582. The molecule has 2 rings (SSSR count).